The topological polar surface area (TPSA) is 98.7 Å². The van der Waals surface area contributed by atoms with Crippen molar-refractivity contribution in [3.63, 3.8) is 0 Å². The summed E-state index contributed by atoms with van der Waals surface area (Å²) in [5.41, 5.74) is 1.37. The predicted octanol–water partition coefficient (Wildman–Crippen LogP) is 3.06. The zero-order valence-corrected chi connectivity index (χ0v) is 15.3. The minimum atomic E-state index is -0.928. The van der Waals surface area contributed by atoms with Crippen molar-refractivity contribution in [2.24, 2.45) is 0 Å². The Morgan fingerprint density at radius 1 is 1.15 bits per heavy atom. The van der Waals surface area contributed by atoms with Crippen molar-refractivity contribution in [3.05, 3.63) is 58.1 Å². The maximum absolute atomic E-state index is 12.6. The zero-order valence-electron chi connectivity index (χ0n) is 14.5. The molecule has 0 aliphatic carbocycles. The summed E-state index contributed by atoms with van der Waals surface area (Å²) in [4.78, 5) is 25.2. The number of carbonyl (C=O) groups is 2. The largest absolute Gasteiger partial charge is 0.507 e. The van der Waals surface area contributed by atoms with E-state index in [9.17, 15) is 19.8 Å². The Kier molecular flexibility index (Phi) is 6.46. The van der Waals surface area contributed by atoms with Crippen LogP contribution in [0.15, 0.2) is 36.4 Å². The lowest BCUT2D eigenvalue weighted by Crippen LogP contribution is -2.41. The standard InChI is InChI=1S/C19H21ClN2O4/c1-3-8-21-19(26)17(12-7-5-4-6-11(12)2)22-18(25)13-9-14(20)16(24)10-15(13)23/h4-7,9-10,17,23-24H,3,8H2,1-2H3,(H,21,26)(H,22,25). The minimum Gasteiger partial charge on any atom is -0.507 e. The third kappa shape index (κ3) is 4.46. The first-order valence-electron chi connectivity index (χ1n) is 8.20. The first kappa shape index (κ1) is 19.6. The monoisotopic (exact) mass is 376 g/mol. The van der Waals surface area contributed by atoms with Crippen LogP contribution in [0.5, 0.6) is 11.5 Å². The number of nitrogens with one attached hydrogen (secondary N) is 2. The highest BCUT2D eigenvalue weighted by Crippen LogP contribution is 2.31. The molecule has 7 heteroatoms. The van der Waals surface area contributed by atoms with Crippen LogP contribution in [0, 0.1) is 6.92 Å². The molecule has 0 heterocycles. The molecule has 138 valence electrons. The number of halogens is 1. The molecular weight excluding hydrogens is 356 g/mol. The van der Waals surface area contributed by atoms with Crippen molar-refractivity contribution in [1.82, 2.24) is 10.6 Å². The van der Waals surface area contributed by atoms with Crippen LogP contribution in [-0.4, -0.2) is 28.6 Å². The van der Waals surface area contributed by atoms with Crippen molar-refractivity contribution < 1.29 is 19.8 Å². The molecule has 0 aromatic heterocycles. The number of phenols is 2. The lowest BCUT2D eigenvalue weighted by molar-refractivity contribution is -0.123. The van der Waals surface area contributed by atoms with Gasteiger partial charge in [0, 0.05) is 12.6 Å². The average molecular weight is 377 g/mol. The van der Waals surface area contributed by atoms with E-state index in [-0.39, 0.29) is 22.2 Å². The van der Waals surface area contributed by atoms with E-state index in [4.69, 9.17) is 11.6 Å². The molecule has 0 spiro atoms. The van der Waals surface area contributed by atoms with Gasteiger partial charge in [-0.25, -0.2) is 0 Å². The van der Waals surface area contributed by atoms with E-state index >= 15 is 0 Å². The maximum atomic E-state index is 12.6. The van der Waals surface area contributed by atoms with Crippen LogP contribution >= 0.6 is 11.6 Å². The Balaban J connectivity index is 2.35. The highest BCUT2D eigenvalue weighted by molar-refractivity contribution is 6.32. The van der Waals surface area contributed by atoms with Gasteiger partial charge in [-0.2, -0.15) is 0 Å². The Morgan fingerprint density at radius 3 is 2.50 bits per heavy atom. The highest BCUT2D eigenvalue weighted by atomic mass is 35.5. The summed E-state index contributed by atoms with van der Waals surface area (Å²) < 4.78 is 0. The molecule has 0 fully saturated rings. The van der Waals surface area contributed by atoms with E-state index in [1.165, 1.54) is 0 Å². The lowest BCUT2D eigenvalue weighted by Gasteiger charge is -2.21. The number of aryl methyl sites for hydroxylation is 1. The third-order valence-corrected chi connectivity index (χ3v) is 4.20. The number of benzene rings is 2. The summed E-state index contributed by atoms with van der Waals surface area (Å²) in [6.45, 7) is 4.25. The number of hydrogen-bond acceptors (Lipinski definition) is 4. The van der Waals surface area contributed by atoms with E-state index in [1.807, 2.05) is 26.0 Å². The highest BCUT2D eigenvalue weighted by Gasteiger charge is 2.26. The van der Waals surface area contributed by atoms with Gasteiger partial charge in [-0.3, -0.25) is 9.59 Å². The Labute approximate surface area is 156 Å². The van der Waals surface area contributed by atoms with Crippen molar-refractivity contribution in [2.45, 2.75) is 26.3 Å². The zero-order chi connectivity index (χ0) is 19.3. The predicted molar refractivity (Wildman–Crippen MR) is 99.5 cm³/mol. The smallest absolute Gasteiger partial charge is 0.255 e. The van der Waals surface area contributed by atoms with E-state index in [2.05, 4.69) is 10.6 Å². The van der Waals surface area contributed by atoms with Gasteiger partial charge in [-0.15, -0.1) is 0 Å². The van der Waals surface area contributed by atoms with Crippen LogP contribution in [0.1, 0.15) is 40.9 Å². The van der Waals surface area contributed by atoms with Crippen LogP contribution in [0.4, 0.5) is 0 Å². The van der Waals surface area contributed by atoms with Gasteiger partial charge >= 0.3 is 0 Å². The second-order valence-electron chi connectivity index (χ2n) is 5.87. The number of aromatic hydroxyl groups is 2. The summed E-state index contributed by atoms with van der Waals surface area (Å²) in [6, 6.07) is 8.43. The minimum absolute atomic E-state index is 0.0733. The molecule has 2 aromatic carbocycles. The molecule has 2 rings (SSSR count). The first-order valence-corrected chi connectivity index (χ1v) is 8.58. The Morgan fingerprint density at radius 2 is 1.85 bits per heavy atom. The number of hydrogen-bond donors (Lipinski definition) is 4. The Bertz CT molecular complexity index is 823. The summed E-state index contributed by atoms with van der Waals surface area (Å²) in [5.74, 6) is -1.79. The normalized spacial score (nSPS) is 11.7. The van der Waals surface area contributed by atoms with Crippen LogP contribution < -0.4 is 10.6 Å². The molecule has 6 nitrogen and oxygen atoms in total. The molecule has 0 bridgehead atoms. The molecule has 0 radical (unpaired) electrons. The molecule has 4 N–H and O–H groups in total. The molecule has 0 saturated carbocycles. The molecule has 0 saturated heterocycles. The molecular formula is C19H21ClN2O4. The number of rotatable bonds is 6. The van der Waals surface area contributed by atoms with Crippen LogP contribution in [0.3, 0.4) is 0 Å². The van der Waals surface area contributed by atoms with E-state index in [1.54, 1.807) is 12.1 Å². The van der Waals surface area contributed by atoms with Gasteiger partial charge < -0.3 is 20.8 Å². The molecule has 0 aliphatic heterocycles. The van der Waals surface area contributed by atoms with E-state index < -0.39 is 17.7 Å². The van der Waals surface area contributed by atoms with Gasteiger partial charge in [-0.1, -0.05) is 42.8 Å². The lowest BCUT2D eigenvalue weighted by atomic mass is 10.00. The second kappa shape index (κ2) is 8.58. The van der Waals surface area contributed by atoms with Crippen LogP contribution in [-0.2, 0) is 4.79 Å². The van der Waals surface area contributed by atoms with Crippen molar-refractivity contribution in [3.8, 4) is 11.5 Å². The SMILES string of the molecule is CCCNC(=O)C(NC(=O)c1cc(Cl)c(O)cc1O)c1ccccc1C. The summed E-state index contributed by atoms with van der Waals surface area (Å²) in [6.07, 6.45) is 0.758. The molecule has 1 atom stereocenters. The second-order valence-corrected chi connectivity index (χ2v) is 6.28. The van der Waals surface area contributed by atoms with Gasteiger partial charge in [0.25, 0.3) is 5.91 Å². The molecule has 1 unspecified atom stereocenters. The van der Waals surface area contributed by atoms with E-state index in [0.717, 1.165) is 24.1 Å². The van der Waals surface area contributed by atoms with Crippen LogP contribution in [0.25, 0.3) is 0 Å². The van der Waals surface area contributed by atoms with Crippen molar-refractivity contribution in [2.75, 3.05) is 6.54 Å². The van der Waals surface area contributed by atoms with Gasteiger partial charge in [-0.05, 0) is 30.5 Å². The average Bonchev–Trinajstić information content (AvgIpc) is 2.61. The van der Waals surface area contributed by atoms with Crippen molar-refractivity contribution in [1.29, 1.82) is 0 Å². The third-order valence-electron chi connectivity index (χ3n) is 3.90. The molecule has 0 aliphatic rings. The number of amides is 2. The fraction of sp³-hybridized carbons (Fsp3) is 0.263. The summed E-state index contributed by atoms with van der Waals surface area (Å²) >= 11 is 5.82. The first-order chi connectivity index (χ1) is 12.3. The maximum Gasteiger partial charge on any atom is 0.255 e. The quantitative estimate of drug-likeness (QED) is 0.622. The fourth-order valence-corrected chi connectivity index (χ4v) is 2.65. The van der Waals surface area contributed by atoms with Gasteiger partial charge in [0.1, 0.15) is 17.5 Å². The Hall–Kier alpha value is -2.73. The summed E-state index contributed by atoms with van der Waals surface area (Å²) in [5, 5.41) is 24.8. The molecule has 2 amide bonds. The van der Waals surface area contributed by atoms with Crippen LogP contribution in [0.2, 0.25) is 5.02 Å². The number of phenolic OH excluding ortho intramolecular Hbond substituents is 2. The van der Waals surface area contributed by atoms with Gasteiger partial charge in [0.05, 0.1) is 10.6 Å². The molecule has 2 aromatic rings. The van der Waals surface area contributed by atoms with Gasteiger partial charge in [0.15, 0.2) is 0 Å². The van der Waals surface area contributed by atoms with Crippen molar-refractivity contribution >= 4 is 23.4 Å². The van der Waals surface area contributed by atoms with E-state index in [0.29, 0.717) is 12.1 Å². The summed E-state index contributed by atoms with van der Waals surface area (Å²) in [7, 11) is 0. The number of carbonyl (C=O) groups excluding carboxylic acids is 2. The molecule has 26 heavy (non-hydrogen) atoms. The fourth-order valence-electron chi connectivity index (χ4n) is 2.49. The van der Waals surface area contributed by atoms with Gasteiger partial charge in [0.2, 0.25) is 5.91 Å².